The van der Waals surface area contributed by atoms with Gasteiger partial charge in [0.05, 0.1) is 5.35 Å². The molecule has 1 heterocycles. The van der Waals surface area contributed by atoms with Crippen LogP contribution in [0.4, 0.5) is 0 Å². The maximum absolute atomic E-state index is 4.62. The summed E-state index contributed by atoms with van der Waals surface area (Å²) in [4.78, 5) is 4.62. The Labute approximate surface area is 107 Å². The minimum absolute atomic E-state index is 0.622. The van der Waals surface area contributed by atoms with Crippen LogP contribution in [-0.4, -0.2) is 4.98 Å². The van der Waals surface area contributed by atoms with E-state index in [0.717, 1.165) is 23.6 Å². The first-order chi connectivity index (χ1) is 8.79. The zero-order valence-corrected chi connectivity index (χ0v) is 10.6. The molecular weight excluding hydrogens is 218 g/mol. The van der Waals surface area contributed by atoms with Crippen molar-refractivity contribution < 1.29 is 0 Å². The van der Waals surface area contributed by atoms with Crippen LogP contribution < -0.4 is 10.6 Å². The molecule has 3 aliphatic rings. The van der Waals surface area contributed by atoms with Crippen LogP contribution in [-0.2, 0) is 0 Å². The van der Waals surface area contributed by atoms with Crippen molar-refractivity contribution in [2.75, 3.05) is 0 Å². The van der Waals surface area contributed by atoms with E-state index in [1.165, 1.54) is 22.8 Å². The lowest BCUT2D eigenvalue weighted by Crippen LogP contribution is -2.31. The van der Waals surface area contributed by atoms with Crippen molar-refractivity contribution >= 4 is 17.7 Å². The molecule has 3 unspecified atom stereocenters. The highest BCUT2D eigenvalue weighted by molar-refractivity contribution is 5.75. The van der Waals surface area contributed by atoms with Crippen LogP contribution in [0.25, 0.3) is 17.7 Å². The van der Waals surface area contributed by atoms with E-state index >= 15 is 0 Å². The molecule has 18 heavy (non-hydrogen) atoms. The number of rotatable bonds is 1. The van der Waals surface area contributed by atoms with Crippen molar-refractivity contribution in [3.63, 3.8) is 0 Å². The van der Waals surface area contributed by atoms with Crippen LogP contribution in [0.15, 0.2) is 30.5 Å². The minimum Gasteiger partial charge on any atom is -0.256 e. The quantitative estimate of drug-likeness (QED) is 0.727. The molecule has 1 saturated carbocycles. The number of fused-ring (bicyclic) bond motifs is 2. The van der Waals surface area contributed by atoms with Gasteiger partial charge in [-0.3, -0.25) is 4.98 Å². The van der Waals surface area contributed by atoms with Gasteiger partial charge in [-0.1, -0.05) is 37.3 Å². The second-order valence-electron chi connectivity index (χ2n) is 5.83. The lowest BCUT2D eigenvalue weighted by molar-refractivity contribution is 0.794. The summed E-state index contributed by atoms with van der Waals surface area (Å²) in [6.07, 6.45) is 16.2. The van der Waals surface area contributed by atoms with Crippen LogP contribution >= 0.6 is 0 Å². The lowest BCUT2D eigenvalue weighted by Gasteiger charge is -2.10. The van der Waals surface area contributed by atoms with Gasteiger partial charge in [0.1, 0.15) is 0 Å². The third kappa shape index (κ3) is 1.66. The molecule has 0 radical (unpaired) electrons. The fourth-order valence-corrected chi connectivity index (χ4v) is 2.96. The van der Waals surface area contributed by atoms with E-state index in [9.17, 15) is 0 Å². The highest BCUT2D eigenvalue weighted by Gasteiger charge is 2.35. The van der Waals surface area contributed by atoms with Crippen molar-refractivity contribution in [3.8, 4) is 0 Å². The van der Waals surface area contributed by atoms with Gasteiger partial charge in [-0.2, -0.15) is 0 Å². The second kappa shape index (κ2) is 3.68. The Morgan fingerprint density at radius 2 is 2.17 bits per heavy atom. The van der Waals surface area contributed by atoms with Crippen LogP contribution in [0.3, 0.4) is 0 Å². The molecule has 1 heteroatoms. The standard InChI is InChI=1S/C17H17N/c1-11-2-3-14-9-16(10-18-17(14)6-11)13-5-4-12-7-15(12)8-13/h3-6,8-12,15H,2,7H2,1H3. The van der Waals surface area contributed by atoms with E-state index < -0.39 is 0 Å². The Balaban J connectivity index is 1.80. The third-order valence-electron chi connectivity index (χ3n) is 4.24. The summed E-state index contributed by atoms with van der Waals surface area (Å²) in [6.45, 7) is 2.24. The monoisotopic (exact) mass is 235 g/mol. The first-order valence-corrected chi connectivity index (χ1v) is 6.88. The molecule has 1 fully saturated rings. The molecule has 0 aromatic carbocycles. The van der Waals surface area contributed by atoms with Gasteiger partial charge in [0.25, 0.3) is 0 Å². The summed E-state index contributed by atoms with van der Waals surface area (Å²) >= 11 is 0. The topological polar surface area (TPSA) is 12.9 Å². The summed E-state index contributed by atoms with van der Waals surface area (Å²) in [5.74, 6) is 2.26. The largest absolute Gasteiger partial charge is 0.256 e. The Morgan fingerprint density at radius 1 is 1.22 bits per heavy atom. The normalized spacial score (nSPS) is 31.6. The van der Waals surface area contributed by atoms with E-state index in [4.69, 9.17) is 0 Å². The summed E-state index contributed by atoms with van der Waals surface area (Å²) in [6, 6.07) is 2.30. The molecule has 90 valence electrons. The maximum atomic E-state index is 4.62. The van der Waals surface area contributed by atoms with Crippen LogP contribution in [0, 0.1) is 17.8 Å². The number of nitrogens with zero attached hydrogens (tertiary/aromatic N) is 1. The Kier molecular flexibility index (Phi) is 2.11. The van der Waals surface area contributed by atoms with Crippen LogP contribution in [0.5, 0.6) is 0 Å². The Hall–Kier alpha value is -1.63. The number of hydrogen-bond donors (Lipinski definition) is 0. The Morgan fingerprint density at radius 3 is 3.06 bits per heavy atom. The third-order valence-corrected chi connectivity index (χ3v) is 4.24. The lowest BCUT2D eigenvalue weighted by atomic mass is 9.97. The molecule has 1 aromatic rings. The number of pyridine rings is 1. The molecule has 0 spiro atoms. The van der Waals surface area contributed by atoms with Crippen molar-refractivity contribution in [2.45, 2.75) is 19.8 Å². The molecule has 4 rings (SSSR count). The molecule has 3 aliphatic carbocycles. The van der Waals surface area contributed by atoms with Gasteiger partial charge in [-0.15, -0.1) is 0 Å². The molecule has 1 aromatic heterocycles. The fraction of sp³-hybridized carbons (Fsp3) is 0.353. The molecule has 0 N–H and O–H groups in total. The molecule has 3 atom stereocenters. The first-order valence-electron chi connectivity index (χ1n) is 6.88. The van der Waals surface area contributed by atoms with Crippen LogP contribution in [0.1, 0.15) is 25.3 Å². The molecule has 1 nitrogen and oxygen atoms in total. The predicted molar refractivity (Wildman–Crippen MR) is 74.9 cm³/mol. The van der Waals surface area contributed by atoms with Gasteiger partial charge in [-0.25, -0.2) is 0 Å². The highest BCUT2D eigenvalue weighted by atomic mass is 14.6. The van der Waals surface area contributed by atoms with E-state index in [1.54, 1.807) is 0 Å². The summed E-state index contributed by atoms with van der Waals surface area (Å²) in [7, 11) is 0. The van der Waals surface area contributed by atoms with E-state index in [0.29, 0.717) is 5.92 Å². The van der Waals surface area contributed by atoms with E-state index in [1.807, 2.05) is 6.20 Å². The minimum atomic E-state index is 0.622. The zero-order chi connectivity index (χ0) is 12.1. The van der Waals surface area contributed by atoms with Gasteiger partial charge in [0.15, 0.2) is 0 Å². The first kappa shape index (κ1) is 10.3. The van der Waals surface area contributed by atoms with Gasteiger partial charge < -0.3 is 0 Å². The summed E-state index contributed by atoms with van der Waals surface area (Å²) < 4.78 is 0. The van der Waals surface area contributed by atoms with E-state index in [2.05, 4.69) is 48.4 Å². The molecule has 0 aliphatic heterocycles. The SMILES string of the molecule is CC1C=c2ncc(C3=CC4CC4C=C3)cc2=CC1. The van der Waals surface area contributed by atoms with E-state index in [-0.39, 0.29) is 0 Å². The van der Waals surface area contributed by atoms with Crippen molar-refractivity contribution in [3.05, 3.63) is 46.6 Å². The van der Waals surface area contributed by atoms with Gasteiger partial charge in [-0.05, 0) is 47.5 Å². The van der Waals surface area contributed by atoms with Crippen molar-refractivity contribution in [1.29, 1.82) is 0 Å². The summed E-state index contributed by atoms with van der Waals surface area (Å²) in [5.41, 5.74) is 2.63. The molecular formula is C17H17N. The molecule has 0 bridgehead atoms. The average Bonchev–Trinajstić information content (AvgIpc) is 3.16. The van der Waals surface area contributed by atoms with Crippen molar-refractivity contribution in [2.24, 2.45) is 17.8 Å². The fourth-order valence-electron chi connectivity index (χ4n) is 2.96. The average molecular weight is 235 g/mol. The van der Waals surface area contributed by atoms with Crippen molar-refractivity contribution in [1.82, 2.24) is 4.98 Å². The predicted octanol–water partition coefficient (Wildman–Crippen LogP) is 2.27. The maximum Gasteiger partial charge on any atom is 0.0662 e. The number of hydrogen-bond acceptors (Lipinski definition) is 1. The Bertz CT molecular complexity index is 678. The van der Waals surface area contributed by atoms with Crippen LogP contribution in [0.2, 0.25) is 0 Å². The summed E-state index contributed by atoms with van der Waals surface area (Å²) in [5, 5.41) is 2.46. The smallest absolute Gasteiger partial charge is 0.0662 e. The number of aromatic nitrogens is 1. The van der Waals surface area contributed by atoms with Gasteiger partial charge in [0.2, 0.25) is 0 Å². The molecule has 0 saturated heterocycles. The second-order valence-corrected chi connectivity index (χ2v) is 5.83. The van der Waals surface area contributed by atoms with Gasteiger partial charge in [0, 0.05) is 11.8 Å². The highest BCUT2D eigenvalue weighted by Crippen LogP contribution is 2.45. The molecule has 0 amide bonds. The van der Waals surface area contributed by atoms with Gasteiger partial charge >= 0.3 is 0 Å². The zero-order valence-electron chi connectivity index (χ0n) is 10.6. The number of allylic oxidation sites excluding steroid dienone is 4.